The molecule has 11 nitrogen and oxygen atoms in total. The molecule has 3 aromatic rings. The van der Waals surface area contributed by atoms with Crippen LogP contribution < -0.4 is 14.2 Å². The minimum absolute atomic E-state index is 0.0369. The van der Waals surface area contributed by atoms with Crippen molar-refractivity contribution in [2.75, 3.05) is 40.1 Å². The van der Waals surface area contributed by atoms with Crippen molar-refractivity contribution in [2.45, 2.75) is 115 Å². The average Bonchev–Trinajstić information content (AvgIpc) is 3.30. The number of carbonyl (C=O) groups excluding carboxylic acids is 1. The molecule has 7 rings (SSSR count). The molecule has 0 spiro atoms. The number of benzene rings is 3. The van der Waals surface area contributed by atoms with Crippen LogP contribution in [0.3, 0.4) is 0 Å². The Labute approximate surface area is 371 Å². The molecule has 0 aromatic heterocycles. The number of fused-ring (bicyclic) bond motifs is 2. The third kappa shape index (κ3) is 10.6. The Morgan fingerprint density at radius 2 is 1.84 bits per heavy atom. The maximum Gasteiger partial charge on any atom is 0.239 e. The predicted octanol–water partition coefficient (Wildman–Crippen LogP) is 9.05. The second kappa shape index (κ2) is 22.2. The number of methoxy groups -OCH3 is 1. The molecule has 2 aliphatic heterocycles. The fraction of sp³-hybridized carbons (Fsp3) is 0.529. The van der Waals surface area contributed by atoms with Crippen molar-refractivity contribution in [3.63, 3.8) is 0 Å². The van der Waals surface area contributed by atoms with Crippen LogP contribution in [0.2, 0.25) is 0 Å². The van der Waals surface area contributed by atoms with E-state index in [2.05, 4.69) is 19.6 Å². The van der Waals surface area contributed by atoms with Gasteiger partial charge in [-0.3, -0.25) is 4.79 Å². The third-order valence-corrected chi connectivity index (χ3v) is 13.1. The molecule has 2 heterocycles. The number of halogens is 1. The van der Waals surface area contributed by atoms with E-state index in [1.165, 1.54) is 6.07 Å². The van der Waals surface area contributed by atoms with Crippen molar-refractivity contribution in [3.8, 4) is 17.2 Å². The van der Waals surface area contributed by atoms with Gasteiger partial charge in [0.1, 0.15) is 35.7 Å². The molecule has 63 heavy (non-hydrogen) atoms. The van der Waals surface area contributed by atoms with Crippen molar-refractivity contribution in [2.24, 2.45) is 22.9 Å². The number of allylic oxidation sites excluding steroid dienone is 1. The summed E-state index contributed by atoms with van der Waals surface area (Å²) in [7, 11) is 1.62. The highest BCUT2D eigenvalue weighted by Gasteiger charge is 2.65. The summed E-state index contributed by atoms with van der Waals surface area (Å²) in [5, 5.41) is 24.9. The van der Waals surface area contributed by atoms with Crippen molar-refractivity contribution < 1.29 is 47.9 Å². The lowest BCUT2D eigenvalue weighted by molar-refractivity contribution is -0.257. The Bertz CT molecular complexity index is 2050. The third-order valence-electron chi connectivity index (χ3n) is 13.1. The van der Waals surface area contributed by atoms with Gasteiger partial charge in [-0.15, -0.1) is 6.58 Å². The maximum absolute atomic E-state index is 15.0. The molecule has 7 atom stereocenters. The van der Waals surface area contributed by atoms with Crippen LogP contribution in [-0.2, 0) is 32.1 Å². The largest absolute Gasteiger partial charge is 0.497 e. The van der Waals surface area contributed by atoms with Gasteiger partial charge in [0, 0.05) is 49.6 Å². The Hall–Kier alpha value is -4.75. The Kier molecular flexibility index (Phi) is 16.3. The minimum Gasteiger partial charge on any atom is -0.497 e. The van der Waals surface area contributed by atoms with Crippen molar-refractivity contribution in [1.82, 2.24) is 4.90 Å². The fourth-order valence-corrected chi connectivity index (χ4v) is 10.2. The molecule has 3 aromatic carbocycles. The summed E-state index contributed by atoms with van der Waals surface area (Å²) in [6.07, 6.45) is 11.9. The summed E-state index contributed by atoms with van der Waals surface area (Å²) in [6, 6.07) is 19.3. The normalized spacial score (nSPS) is 25.5. The molecule has 12 heteroatoms. The maximum atomic E-state index is 15.0. The van der Waals surface area contributed by atoms with Crippen molar-refractivity contribution in [1.29, 1.82) is 0 Å². The first-order chi connectivity index (χ1) is 30.8. The summed E-state index contributed by atoms with van der Waals surface area (Å²) in [5.41, 5.74) is 3.87. The van der Waals surface area contributed by atoms with E-state index in [9.17, 15) is 19.4 Å². The number of aliphatic hydroxyl groups excluding tert-OH is 2. The molecule has 0 bridgehead atoms. The topological polar surface area (TPSA) is 129 Å². The first kappa shape index (κ1) is 46.2. The second-order valence-corrected chi connectivity index (χ2v) is 17.2. The van der Waals surface area contributed by atoms with Gasteiger partial charge >= 0.3 is 0 Å². The van der Waals surface area contributed by atoms with E-state index >= 15 is 0 Å². The quantitative estimate of drug-likeness (QED) is 0.0578. The second-order valence-electron chi connectivity index (χ2n) is 17.2. The van der Waals surface area contributed by atoms with E-state index in [0.717, 1.165) is 67.4 Å². The van der Waals surface area contributed by atoms with Gasteiger partial charge in [0.25, 0.3) is 0 Å². The van der Waals surface area contributed by atoms with Crippen LogP contribution in [0.4, 0.5) is 4.39 Å². The number of aliphatic hydroxyl groups is 2. The highest BCUT2D eigenvalue weighted by atomic mass is 19.1. The van der Waals surface area contributed by atoms with Gasteiger partial charge in [-0.25, -0.2) is 4.39 Å². The molecule has 2 fully saturated rings. The van der Waals surface area contributed by atoms with E-state index in [1.54, 1.807) is 31.4 Å². The Morgan fingerprint density at radius 1 is 1.02 bits per heavy atom. The summed E-state index contributed by atoms with van der Waals surface area (Å²) in [4.78, 5) is 23.2. The number of hydrogen-bond donors (Lipinski definition) is 2. The monoisotopic (exact) mass is 868 g/mol. The smallest absolute Gasteiger partial charge is 0.239 e. The fourth-order valence-electron chi connectivity index (χ4n) is 10.2. The van der Waals surface area contributed by atoms with Crippen LogP contribution >= 0.6 is 0 Å². The van der Waals surface area contributed by atoms with Gasteiger partial charge < -0.3 is 43.6 Å². The molecule has 1 unspecified atom stereocenters. The van der Waals surface area contributed by atoms with Crippen molar-refractivity contribution >= 4 is 11.6 Å². The zero-order valence-corrected chi connectivity index (χ0v) is 36.9. The SMILES string of the molecule is C=CCO[C@@]12Oc3ccc(OCc4ccccc4F)cc3[C@H]3[C@H](CCCCO)[C@@H](CCCCO)C=C(C(=NOC4CCCCO4)C[C@@H]1N(CCC)C(=O)Cc1cccc(OC)c1)[C@H]32. The van der Waals surface area contributed by atoms with Gasteiger partial charge in [0.05, 0.1) is 38.4 Å². The van der Waals surface area contributed by atoms with Crippen LogP contribution in [0.1, 0.15) is 100 Å². The molecule has 2 aliphatic carbocycles. The molecule has 2 N–H and O–H groups in total. The molecule has 1 saturated heterocycles. The summed E-state index contributed by atoms with van der Waals surface area (Å²) >= 11 is 0. The number of oxime groups is 1. The molecule has 340 valence electrons. The van der Waals surface area contributed by atoms with Gasteiger partial charge in [0.15, 0.2) is 0 Å². The van der Waals surface area contributed by atoms with Crippen LogP contribution in [0.15, 0.2) is 96.2 Å². The number of unbranched alkanes of at least 4 members (excludes halogenated alkanes) is 2. The first-order valence-corrected chi connectivity index (χ1v) is 23.0. The molecule has 1 amide bonds. The standard InChI is InChI=1S/C51H65FN2O9/c1-4-24-54(47(57)30-35-15-14-18-38(29-35)58-3)46-33-44(53-63-48-21-10-13-28-59-48)41-31-36(16-8-11-25-55)40(19-9-12-26-56)49-42-32-39(60-34-37-17-6-7-20-43(37)52)22-23-45(42)62-51(46,50(41)49)61-27-5-2/h5-7,14-15,17-18,20,22-23,29,31-32,36,40,46,48-50,55-56H,2,4,8-13,16,19,21,24-28,30,33-34H2,1,3H3/t36-,40+,46-,48?,49+,50+,51+/m0/s1. The number of ether oxygens (including phenoxy) is 5. The van der Waals surface area contributed by atoms with E-state index in [-0.39, 0.29) is 62.3 Å². The molecular weight excluding hydrogens is 804 g/mol. The molecule has 4 aliphatic rings. The number of amides is 1. The summed E-state index contributed by atoms with van der Waals surface area (Å²) < 4.78 is 47.2. The lowest BCUT2D eigenvalue weighted by Crippen LogP contribution is -2.70. The average molecular weight is 869 g/mol. The summed E-state index contributed by atoms with van der Waals surface area (Å²) in [6.45, 7) is 7.54. The van der Waals surface area contributed by atoms with E-state index in [4.69, 9.17) is 33.7 Å². The minimum atomic E-state index is -1.39. The molecular formula is C51H65FN2O9. The van der Waals surface area contributed by atoms with Gasteiger partial charge in [0.2, 0.25) is 18.0 Å². The van der Waals surface area contributed by atoms with Crippen LogP contribution in [0, 0.1) is 23.6 Å². The zero-order chi connectivity index (χ0) is 44.2. The van der Waals surface area contributed by atoms with Crippen LogP contribution in [0.5, 0.6) is 17.2 Å². The molecule has 0 radical (unpaired) electrons. The Balaban J connectivity index is 1.41. The lowest BCUT2D eigenvalue weighted by Gasteiger charge is -2.60. The zero-order valence-electron chi connectivity index (χ0n) is 36.9. The predicted molar refractivity (Wildman–Crippen MR) is 239 cm³/mol. The first-order valence-electron chi connectivity index (χ1n) is 23.0. The number of carbonyl (C=O) groups is 1. The lowest BCUT2D eigenvalue weighted by atomic mass is 9.55. The van der Waals surface area contributed by atoms with E-state index in [0.29, 0.717) is 61.6 Å². The number of nitrogens with zero attached hydrogens (tertiary/aromatic N) is 2. The van der Waals surface area contributed by atoms with E-state index < -0.39 is 24.0 Å². The van der Waals surface area contributed by atoms with Crippen LogP contribution in [-0.4, -0.2) is 84.9 Å². The number of hydrogen-bond acceptors (Lipinski definition) is 10. The number of rotatable bonds is 22. The van der Waals surface area contributed by atoms with Gasteiger partial charge in [-0.05, 0) is 104 Å². The van der Waals surface area contributed by atoms with Crippen LogP contribution in [0.25, 0.3) is 0 Å². The Morgan fingerprint density at radius 3 is 2.59 bits per heavy atom. The molecule has 1 saturated carbocycles. The highest BCUT2D eigenvalue weighted by Crippen LogP contribution is 2.62. The highest BCUT2D eigenvalue weighted by molar-refractivity contribution is 6.03. The van der Waals surface area contributed by atoms with Crippen molar-refractivity contribution in [3.05, 3.63) is 114 Å². The van der Waals surface area contributed by atoms with E-state index in [1.807, 2.05) is 47.4 Å². The van der Waals surface area contributed by atoms with Gasteiger partial charge in [-0.1, -0.05) is 67.4 Å². The van der Waals surface area contributed by atoms with Gasteiger partial charge in [-0.2, -0.15) is 0 Å². The summed E-state index contributed by atoms with van der Waals surface area (Å²) in [5.74, 6) is -0.552.